The maximum atomic E-state index is 9.07. The maximum Gasteiger partial charge on any atom is 0.190 e. The molecule has 5 heteroatoms. The molecule has 1 aliphatic rings. The Bertz CT molecular complexity index is 892. The van der Waals surface area contributed by atoms with E-state index in [0.717, 1.165) is 35.5 Å². The second-order valence-corrected chi connectivity index (χ2v) is 5.13. The SMILES string of the molecule is N#Cc1n[nH]nc1-c1cccc(-c2ccc3c(c2)CCO3)c1. The molecule has 0 unspecified atom stereocenters. The van der Waals surface area contributed by atoms with Crippen LogP contribution < -0.4 is 4.74 Å². The van der Waals surface area contributed by atoms with Crippen molar-refractivity contribution in [3.8, 4) is 34.2 Å². The van der Waals surface area contributed by atoms with Crippen LogP contribution in [0.4, 0.5) is 0 Å². The summed E-state index contributed by atoms with van der Waals surface area (Å²) >= 11 is 0. The van der Waals surface area contributed by atoms with Crippen molar-refractivity contribution in [2.45, 2.75) is 6.42 Å². The van der Waals surface area contributed by atoms with Crippen molar-refractivity contribution in [2.24, 2.45) is 0 Å². The first kappa shape index (κ1) is 12.6. The zero-order chi connectivity index (χ0) is 14.9. The number of rotatable bonds is 2. The normalized spacial score (nSPS) is 12.5. The second kappa shape index (κ2) is 5.01. The number of nitriles is 1. The fourth-order valence-corrected chi connectivity index (χ4v) is 2.72. The molecule has 1 aromatic heterocycles. The van der Waals surface area contributed by atoms with Gasteiger partial charge in [0.1, 0.15) is 17.5 Å². The highest BCUT2D eigenvalue weighted by molar-refractivity contribution is 5.74. The van der Waals surface area contributed by atoms with Crippen LogP contribution in [-0.2, 0) is 6.42 Å². The number of hydrogen-bond acceptors (Lipinski definition) is 4. The molecule has 3 aromatic rings. The third-order valence-electron chi connectivity index (χ3n) is 3.81. The van der Waals surface area contributed by atoms with Gasteiger partial charge in [-0.05, 0) is 34.9 Å². The molecule has 2 aromatic carbocycles. The summed E-state index contributed by atoms with van der Waals surface area (Å²) in [6.07, 6.45) is 0.949. The molecular formula is C17H12N4O. The summed E-state index contributed by atoms with van der Waals surface area (Å²) in [4.78, 5) is 0. The van der Waals surface area contributed by atoms with Gasteiger partial charge >= 0.3 is 0 Å². The average molecular weight is 288 g/mol. The first-order valence-electron chi connectivity index (χ1n) is 7.02. The van der Waals surface area contributed by atoms with Crippen LogP contribution in [0.1, 0.15) is 11.3 Å². The van der Waals surface area contributed by atoms with Crippen molar-refractivity contribution in [3.63, 3.8) is 0 Å². The highest BCUT2D eigenvalue weighted by Gasteiger charge is 2.14. The minimum Gasteiger partial charge on any atom is -0.493 e. The summed E-state index contributed by atoms with van der Waals surface area (Å²) in [5.74, 6) is 0.975. The number of benzene rings is 2. The van der Waals surface area contributed by atoms with E-state index in [-0.39, 0.29) is 0 Å². The fraction of sp³-hybridized carbons (Fsp3) is 0.118. The van der Waals surface area contributed by atoms with E-state index >= 15 is 0 Å². The summed E-state index contributed by atoms with van der Waals surface area (Å²) in [5, 5.41) is 19.5. The Labute approximate surface area is 127 Å². The minimum atomic E-state index is 0.305. The molecule has 1 aliphatic heterocycles. The van der Waals surface area contributed by atoms with Crippen molar-refractivity contribution in [1.82, 2.24) is 15.4 Å². The molecular weight excluding hydrogens is 276 g/mol. The summed E-state index contributed by atoms with van der Waals surface area (Å²) in [6, 6.07) is 16.2. The molecule has 0 radical (unpaired) electrons. The summed E-state index contributed by atoms with van der Waals surface area (Å²) < 4.78 is 5.54. The Morgan fingerprint density at radius 2 is 1.91 bits per heavy atom. The van der Waals surface area contributed by atoms with Gasteiger partial charge in [-0.15, -0.1) is 5.10 Å². The van der Waals surface area contributed by atoms with Gasteiger partial charge in [-0.1, -0.05) is 24.3 Å². The molecule has 22 heavy (non-hydrogen) atoms. The maximum absolute atomic E-state index is 9.07. The average Bonchev–Trinajstić information content (AvgIpc) is 3.23. The Morgan fingerprint density at radius 3 is 2.82 bits per heavy atom. The van der Waals surface area contributed by atoms with Gasteiger partial charge in [0.2, 0.25) is 0 Å². The van der Waals surface area contributed by atoms with Gasteiger partial charge in [0, 0.05) is 12.0 Å². The van der Waals surface area contributed by atoms with E-state index < -0.39 is 0 Å². The van der Waals surface area contributed by atoms with Crippen LogP contribution in [0, 0.1) is 11.3 Å². The standard InChI is InChI=1S/C17H12N4O/c18-10-15-17(20-21-19-15)14-3-1-2-11(9-14)12-4-5-16-13(8-12)6-7-22-16/h1-5,8-9H,6-7H2,(H,19,20,21). The lowest BCUT2D eigenvalue weighted by molar-refractivity contribution is 0.357. The van der Waals surface area contributed by atoms with Crippen LogP contribution in [-0.4, -0.2) is 22.0 Å². The largest absolute Gasteiger partial charge is 0.493 e. The topological polar surface area (TPSA) is 74.6 Å². The van der Waals surface area contributed by atoms with Gasteiger partial charge in [0.05, 0.1) is 6.61 Å². The first-order valence-corrected chi connectivity index (χ1v) is 7.02. The summed E-state index contributed by atoms with van der Waals surface area (Å²) in [6.45, 7) is 0.753. The molecule has 0 aliphatic carbocycles. The molecule has 0 saturated carbocycles. The van der Waals surface area contributed by atoms with Gasteiger partial charge in [-0.2, -0.15) is 15.6 Å². The van der Waals surface area contributed by atoms with Gasteiger partial charge in [-0.25, -0.2) is 0 Å². The van der Waals surface area contributed by atoms with Crippen LogP contribution >= 0.6 is 0 Å². The van der Waals surface area contributed by atoms with Crippen LogP contribution in [0.25, 0.3) is 22.4 Å². The van der Waals surface area contributed by atoms with E-state index in [1.165, 1.54) is 5.56 Å². The zero-order valence-electron chi connectivity index (χ0n) is 11.7. The molecule has 5 nitrogen and oxygen atoms in total. The number of H-pyrrole nitrogens is 1. The number of hydrogen-bond donors (Lipinski definition) is 1. The molecule has 0 amide bonds. The lowest BCUT2D eigenvalue weighted by atomic mass is 9.99. The van der Waals surface area contributed by atoms with Crippen LogP contribution in [0.5, 0.6) is 5.75 Å². The van der Waals surface area contributed by atoms with Crippen LogP contribution in [0.15, 0.2) is 42.5 Å². The van der Waals surface area contributed by atoms with Gasteiger partial charge < -0.3 is 4.74 Å². The Hall–Kier alpha value is -3.13. The summed E-state index contributed by atoms with van der Waals surface area (Å²) in [5.41, 5.74) is 5.21. The number of aromatic nitrogens is 3. The highest BCUT2D eigenvalue weighted by atomic mass is 16.5. The number of fused-ring (bicyclic) bond motifs is 1. The third-order valence-corrected chi connectivity index (χ3v) is 3.81. The molecule has 1 N–H and O–H groups in total. The predicted octanol–water partition coefficient (Wildman–Crippen LogP) is 2.95. The zero-order valence-corrected chi connectivity index (χ0v) is 11.7. The van der Waals surface area contributed by atoms with Crippen molar-refractivity contribution < 1.29 is 4.74 Å². The van der Waals surface area contributed by atoms with E-state index in [9.17, 15) is 0 Å². The van der Waals surface area contributed by atoms with E-state index in [4.69, 9.17) is 10.00 Å². The first-order chi connectivity index (χ1) is 10.8. The smallest absolute Gasteiger partial charge is 0.190 e. The molecule has 0 fully saturated rings. The molecule has 0 atom stereocenters. The van der Waals surface area contributed by atoms with E-state index in [1.807, 2.05) is 36.4 Å². The van der Waals surface area contributed by atoms with Gasteiger partial charge in [0.15, 0.2) is 5.69 Å². The quantitative estimate of drug-likeness (QED) is 0.786. The van der Waals surface area contributed by atoms with Crippen molar-refractivity contribution in [3.05, 3.63) is 53.7 Å². The Kier molecular flexibility index (Phi) is 2.87. The van der Waals surface area contributed by atoms with Crippen molar-refractivity contribution in [2.75, 3.05) is 6.61 Å². The lowest BCUT2D eigenvalue weighted by Crippen LogP contribution is -1.86. The highest BCUT2D eigenvalue weighted by Crippen LogP contribution is 2.32. The molecule has 106 valence electrons. The molecule has 2 heterocycles. The molecule has 0 spiro atoms. The van der Waals surface area contributed by atoms with Crippen molar-refractivity contribution >= 4 is 0 Å². The summed E-state index contributed by atoms with van der Waals surface area (Å²) in [7, 11) is 0. The van der Waals surface area contributed by atoms with Gasteiger partial charge in [0.25, 0.3) is 0 Å². The number of aromatic amines is 1. The Balaban J connectivity index is 1.78. The van der Waals surface area contributed by atoms with Crippen LogP contribution in [0.2, 0.25) is 0 Å². The van der Waals surface area contributed by atoms with Gasteiger partial charge in [-0.3, -0.25) is 0 Å². The minimum absolute atomic E-state index is 0.305. The fourth-order valence-electron chi connectivity index (χ4n) is 2.72. The van der Waals surface area contributed by atoms with E-state index in [0.29, 0.717) is 11.4 Å². The second-order valence-electron chi connectivity index (χ2n) is 5.13. The molecule has 4 rings (SSSR count). The number of nitrogens with one attached hydrogen (secondary N) is 1. The van der Waals surface area contributed by atoms with E-state index in [2.05, 4.69) is 27.5 Å². The van der Waals surface area contributed by atoms with Crippen LogP contribution in [0.3, 0.4) is 0 Å². The third kappa shape index (κ3) is 2.02. The monoisotopic (exact) mass is 288 g/mol. The molecule has 0 bridgehead atoms. The number of ether oxygens (including phenoxy) is 1. The Morgan fingerprint density at radius 1 is 1.05 bits per heavy atom. The van der Waals surface area contributed by atoms with Crippen molar-refractivity contribution in [1.29, 1.82) is 5.26 Å². The lowest BCUT2D eigenvalue weighted by Gasteiger charge is -2.06. The predicted molar refractivity (Wildman–Crippen MR) is 81.2 cm³/mol. The number of nitrogens with zero attached hydrogens (tertiary/aromatic N) is 3. The van der Waals surface area contributed by atoms with E-state index in [1.54, 1.807) is 0 Å². The molecule has 0 saturated heterocycles.